The van der Waals surface area contributed by atoms with E-state index in [2.05, 4.69) is 28.5 Å². The topological polar surface area (TPSA) is 52.3 Å². The van der Waals surface area contributed by atoms with Gasteiger partial charge in [-0.15, -0.1) is 23.9 Å². The number of amides is 1. The van der Waals surface area contributed by atoms with Crippen LogP contribution in [0.1, 0.15) is 12.8 Å². The zero-order valence-corrected chi connectivity index (χ0v) is 9.92. The molecule has 0 aromatic carbocycles. The van der Waals surface area contributed by atoms with Crippen molar-refractivity contribution in [1.82, 2.24) is 0 Å². The van der Waals surface area contributed by atoms with Crippen LogP contribution in [-0.2, 0) is 4.74 Å². The van der Waals surface area contributed by atoms with E-state index in [1.807, 2.05) is 0 Å². The second-order valence-corrected chi connectivity index (χ2v) is 4.52. The molecule has 0 radical (unpaired) electrons. The van der Waals surface area contributed by atoms with Gasteiger partial charge in [-0.3, -0.25) is 0 Å². The van der Waals surface area contributed by atoms with Crippen molar-refractivity contribution in [1.29, 1.82) is 0 Å². The lowest BCUT2D eigenvalue weighted by atomic mass is 10.1. The van der Waals surface area contributed by atoms with E-state index in [9.17, 15) is 4.79 Å². The van der Waals surface area contributed by atoms with Gasteiger partial charge in [-0.25, -0.2) is 4.79 Å². The first kappa shape index (κ1) is 12.8. The van der Waals surface area contributed by atoms with E-state index in [1.54, 1.807) is 0 Å². The summed E-state index contributed by atoms with van der Waals surface area (Å²) in [5.74, 6) is 2.93. The minimum atomic E-state index is -0.793. The van der Waals surface area contributed by atoms with Gasteiger partial charge < -0.3 is 10.5 Å². The van der Waals surface area contributed by atoms with Gasteiger partial charge in [-0.1, -0.05) is 22.6 Å². The molecule has 0 fully saturated rings. The normalized spacial score (nSPS) is 14.2. The largest absolute Gasteiger partial charge is 0.445 e. The predicted octanol–water partition coefficient (Wildman–Crippen LogP) is 1.91. The van der Waals surface area contributed by atoms with E-state index in [0.717, 1.165) is 0 Å². The summed E-state index contributed by atoms with van der Waals surface area (Å²) < 4.78 is 5.03. The highest BCUT2D eigenvalue weighted by Crippen LogP contribution is 2.15. The third-order valence-electron chi connectivity index (χ3n) is 1.31. The summed E-state index contributed by atoms with van der Waals surface area (Å²) in [4.78, 5) is 10.5. The summed E-state index contributed by atoms with van der Waals surface area (Å²) in [6.45, 7) is 0. The van der Waals surface area contributed by atoms with Gasteiger partial charge in [0.1, 0.15) is 6.10 Å². The highest BCUT2D eigenvalue weighted by Gasteiger charge is 2.15. The summed E-state index contributed by atoms with van der Waals surface area (Å²) in [5.41, 5.74) is 4.88. The Morgan fingerprint density at radius 3 is 2.77 bits per heavy atom. The molecular formula is C8H11ClINO2. The van der Waals surface area contributed by atoms with Gasteiger partial charge in [0, 0.05) is 16.2 Å². The molecule has 3 nitrogen and oxygen atoms in total. The minimum Gasteiger partial charge on any atom is -0.445 e. The predicted molar refractivity (Wildman–Crippen MR) is 61.1 cm³/mol. The summed E-state index contributed by atoms with van der Waals surface area (Å²) >= 11 is 7.78. The van der Waals surface area contributed by atoms with Gasteiger partial charge in [0.25, 0.3) is 0 Å². The van der Waals surface area contributed by atoms with Crippen LogP contribution in [0.2, 0.25) is 0 Å². The molecule has 0 saturated heterocycles. The van der Waals surface area contributed by atoms with Crippen LogP contribution in [0.5, 0.6) is 0 Å². The van der Waals surface area contributed by atoms with Crippen LogP contribution in [0, 0.1) is 12.3 Å². The molecule has 0 aliphatic carbocycles. The second-order valence-electron chi connectivity index (χ2n) is 2.45. The molecule has 0 aliphatic heterocycles. The maximum absolute atomic E-state index is 10.5. The van der Waals surface area contributed by atoms with Crippen LogP contribution in [0.3, 0.4) is 0 Å². The van der Waals surface area contributed by atoms with E-state index in [0.29, 0.717) is 18.7 Å². The van der Waals surface area contributed by atoms with Gasteiger partial charge >= 0.3 is 6.09 Å². The molecule has 0 rings (SSSR count). The zero-order valence-electron chi connectivity index (χ0n) is 7.00. The van der Waals surface area contributed by atoms with Crippen LogP contribution in [0.25, 0.3) is 0 Å². The Morgan fingerprint density at radius 2 is 2.38 bits per heavy atom. The van der Waals surface area contributed by atoms with Crippen LogP contribution in [0.15, 0.2) is 0 Å². The third kappa shape index (κ3) is 6.96. The molecule has 0 heterocycles. The summed E-state index contributed by atoms with van der Waals surface area (Å²) in [7, 11) is 0. The quantitative estimate of drug-likeness (QED) is 0.479. The van der Waals surface area contributed by atoms with Crippen molar-refractivity contribution in [2.45, 2.75) is 22.9 Å². The second kappa shape index (κ2) is 7.27. The Hall–Kier alpha value is -0.150. The highest BCUT2D eigenvalue weighted by molar-refractivity contribution is 14.1. The summed E-state index contributed by atoms with van der Waals surface area (Å²) in [6.07, 6.45) is 5.01. The average molecular weight is 316 g/mol. The fourth-order valence-corrected chi connectivity index (χ4v) is 1.51. The lowest BCUT2D eigenvalue weighted by Crippen LogP contribution is -2.25. The first-order valence-electron chi connectivity index (χ1n) is 3.69. The standard InChI is InChI=1S/C8H11ClINO2/c1-2-3-7(13-8(11)12)4-6(10)5-9/h1,6-7H,3-5H2,(H2,11,12). The highest BCUT2D eigenvalue weighted by atomic mass is 127. The molecule has 1 amide bonds. The number of nitrogens with two attached hydrogens (primary N) is 1. The Morgan fingerprint density at radius 1 is 1.77 bits per heavy atom. The van der Waals surface area contributed by atoms with E-state index in [4.69, 9.17) is 28.5 Å². The number of carbonyl (C=O) groups excluding carboxylic acids is 1. The monoisotopic (exact) mass is 315 g/mol. The number of alkyl halides is 2. The molecule has 2 atom stereocenters. The van der Waals surface area contributed by atoms with Crippen molar-refractivity contribution in [2.75, 3.05) is 5.88 Å². The molecule has 0 aliphatic rings. The van der Waals surface area contributed by atoms with Gasteiger partial charge in [0.2, 0.25) is 0 Å². The van der Waals surface area contributed by atoms with E-state index < -0.39 is 6.09 Å². The van der Waals surface area contributed by atoms with Crippen LogP contribution < -0.4 is 5.73 Å². The maximum Gasteiger partial charge on any atom is 0.404 e. The van der Waals surface area contributed by atoms with Crippen molar-refractivity contribution >= 4 is 40.3 Å². The Labute approximate surface area is 96.5 Å². The first-order chi connectivity index (χ1) is 6.10. The SMILES string of the molecule is C#CCC(CC(I)CCl)OC(N)=O. The number of rotatable bonds is 5. The smallest absolute Gasteiger partial charge is 0.404 e. The van der Waals surface area contributed by atoms with E-state index >= 15 is 0 Å². The summed E-state index contributed by atoms with van der Waals surface area (Å²) in [6, 6.07) is 0. The van der Waals surface area contributed by atoms with Gasteiger partial charge in [-0.05, 0) is 6.42 Å². The zero-order chi connectivity index (χ0) is 10.3. The molecule has 0 aromatic heterocycles. The molecule has 2 unspecified atom stereocenters. The number of hydrogen-bond donors (Lipinski definition) is 1. The molecular weight excluding hydrogens is 304 g/mol. The van der Waals surface area contributed by atoms with E-state index in [1.165, 1.54) is 0 Å². The number of halogens is 2. The van der Waals surface area contributed by atoms with Crippen LogP contribution >= 0.6 is 34.2 Å². The van der Waals surface area contributed by atoms with Crippen molar-refractivity contribution in [2.24, 2.45) is 5.73 Å². The minimum absolute atomic E-state index is 0.233. The molecule has 0 bridgehead atoms. The Bertz CT molecular complexity index is 205. The van der Waals surface area contributed by atoms with Crippen molar-refractivity contribution in [3.8, 4) is 12.3 Å². The van der Waals surface area contributed by atoms with Gasteiger partial charge in [0.15, 0.2) is 0 Å². The van der Waals surface area contributed by atoms with Crippen molar-refractivity contribution in [3.05, 3.63) is 0 Å². The molecule has 13 heavy (non-hydrogen) atoms. The van der Waals surface area contributed by atoms with Crippen molar-refractivity contribution in [3.63, 3.8) is 0 Å². The van der Waals surface area contributed by atoms with Gasteiger partial charge in [0.05, 0.1) is 0 Å². The Kier molecular flexibility index (Phi) is 7.19. The molecule has 0 spiro atoms. The lowest BCUT2D eigenvalue weighted by Gasteiger charge is -2.15. The van der Waals surface area contributed by atoms with Crippen LogP contribution in [-0.4, -0.2) is 22.0 Å². The molecule has 0 saturated carbocycles. The fourth-order valence-electron chi connectivity index (χ4n) is 0.817. The van der Waals surface area contributed by atoms with Crippen LogP contribution in [0.4, 0.5) is 4.79 Å². The molecule has 5 heteroatoms. The summed E-state index contributed by atoms with van der Waals surface area (Å²) in [5, 5.41) is 0. The number of ether oxygens (including phenoxy) is 1. The third-order valence-corrected chi connectivity index (χ3v) is 3.16. The Balaban J connectivity index is 3.94. The maximum atomic E-state index is 10.5. The average Bonchev–Trinajstić information content (AvgIpc) is 2.03. The number of hydrogen-bond acceptors (Lipinski definition) is 2. The number of primary amides is 1. The fraction of sp³-hybridized carbons (Fsp3) is 0.625. The first-order valence-corrected chi connectivity index (χ1v) is 5.47. The van der Waals surface area contributed by atoms with Gasteiger partial charge in [-0.2, -0.15) is 0 Å². The molecule has 74 valence electrons. The van der Waals surface area contributed by atoms with E-state index in [-0.39, 0.29) is 10.0 Å². The lowest BCUT2D eigenvalue weighted by molar-refractivity contribution is 0.105. The molecule has 2 N–H and O–H groups in total. The number of carbonyl (C=O) groups is 1. The number of terminal acetylenes is 1. The van der Waals surface area contributed by atoms with Crippen molar-refractivity contribution < 1.29 is 9.53 Å². The molecule has 0 aromatic rings.